The van der Waals surface area contributed by atoms with Crippen LogP contribution in [0.4, 0.5) is 10.5 Å². The quantitative estimate of drug-likeness (QED) is 0.632. The first-order valence-electron chi connectivity index (χ1n) is 9.69. The van der Waals surface area contributed by atoms with E-state index in [1.54, 1.807) is 0 Å². The fourth-order valence-corrected chi connectivity index (χ4v) is 3.52. The molecule has 3 aromatic carbocycles. The van der Waals surface area contributed by atoms with E-state index in [0.717, 1.165) is 16.3 Å². The van der Waals surface area contributed by atoms with Gasteiger partial charge in [-0.25, -0.2) is 4.79 Å². The Morgan fingerprint density at radius 2 is 1.55 bits per heavy atom. The third-order valence-corrected chi connectivity index (χ3v) is 4.84. The Morgan fingerprint density at radius 1 is 0.897 bits per heavy atom. The molecule has 1 aliphatic rings. The SMILES string of the molecule is CC(C)(C)OC(=O)N1[C@@H](C(=O)Nc2ccccc2)[C@@H]1c1ccc2ccccc2c1. The third-order valence-electron chi connectivity index (χ3n) is 4.84. The molecule has 0 bridgehead atoms. The molecule has 5 heteroatoms. The number of nitrogens with zero attached hydrogens (tertiary/aromatic N) is 1. The normalized spacial score (nSPS) is 18.4. The molecule has 4 rings (SSSR count). The maximum Gasteiger partial charge on any atom is 0.411 e. The molecule has 0 radical (unpaired) electrons. The molecule has 29 heavy (non-hydrogen) atoms. The number of hydrogen-bond donors (Lipinski definition) is 1. The van der Waals surface area contributed by atoms with E-state index >= 15 is 0 Å². The maximum atomic E-state index is 12.9. The number of para-hydroxylation sites is 1. The number of hydrogen-bond acceptors (Lipinski definition) is 3. The minimum absolute atomic E-state index is 0.222. The number of benzene rings is 3. The number of carbonyl (C=O) groups excluding carboxylic acids is 2. The predicted molar refractivity (Wildman–Crippen MR) is 114 cm³/mol. The summed E-state index contributed by atoms with van der Waals surface area (Å²) in [4.78, 5) is 27.2. The van der Waals surface area contributed by atoms with Crippen molar-refractivity contribution in [1.82, 2.24) is 4.90 Å². The van der Waals surface area contributed by atoms with Crippen molar-refractivity contribution >= 4 is 28.5 Å². The molecule has 0 unspecified atom stereocenters. The standard InChI is InChI=1S/C24H24N2O3/c1-24(2,3)29-23(28)26-20(18-14-13-16-9-7-8-10-17(16)15-18)21(26)22(27)25-19-11-5-4-6-12-19/h4-15,20-21H,1-3H3,(H,25,27)/t20-,21+,26?/m0/s1. The van der Waals surface area contributed by atoms with Gasteiger partial charge in [0.2, 0.25) is 5.91 Å². The number of carbonyl (C=O) groups is 2. The topological polar surface area (TPSA) is 58.4 Å². The van der Waals surface area contributed by atoms with Gasteiger partial charge in [-0.1, -0.05) is 54.6 Å². The molecule has 148 valence electrons. The van der Waals surface area contributed by atoms with Crippen LogP contribution in [-0.2, 0) is 9.53 Å². The molecular formula is C24H24N2O3. The van der Waals surface area contributed by atoms with Gasteiger partial charge < -0.3 is 10.1 Å². The third kappa shape index (κ3) is 4.09. The minimum atomic E-state index is -0.631. The van der Waals surface area contributed by atoms with Gasteiger partial charge in [0.05, 0.1) is 6.04 Å². The molecule has 0 spiro atoms. The Bertz CT molecular complexity index is 1060. The number of amides is 2. The second-order valence-electron chi connectivity index (χ2n) is 8.24. The Hall–Kier alpha value is -3.34. The van der Waals surface area contributed by atoms with E-state index in [1.807, 2.05) is 93.6 Å². The summed E-state index contributed by atoms with van der Waals surface area (Å²) >= 11 is 0. The van der Waals surface area contributed by atoms with Gasteiger partial charge in [-0.15, -0.1) is 0 Å². The summed E-state index contributed by atoms with van der Waals surface area (Å²) in [6.07, 6.45) is -0.483. The summed E-state index contributed by atoms with van der Waals surface area (Å²) in [5, 5.41) is 5.09. The van der Waals surface area contributed by atoms with Crippen molar-refractivity contribution in [3.8, 4) is 0 Å². The van der Waals surface area contributed by atoms with Crippen molar-refractivity contribution in [2.75, 3.05) is 5.32 Å². The van der Waals surface area contributed by atoms with Crippen molar-refractivity contribution in [2.45, 2.75) is 38.5 Å². The number of ether oxygens (including phenoxy) is 1. The van der Waals surface area contributed by atoms with Crippen LogP contribution >= 0.6 is 0 Å². The van der Waals surface area contributed by atoms with E-state index < -0.39 is 17.7 Å². The highest BCUT2D eigenvalue weighted by molar-refractivity contribution is 6.01. The van der Waals surface area contributed by atoms with Crippen LogP contribution in [0, 0.1) is 0 Å². The minimum Gasteiger partial charge on any atom is -0.444 e. The van der Waals surface area contributed by atoms with Gasteiger partial charge in [0.25, 0.3) is 0 Å². The van der Waals surface area contributed by atoms with E-state index in [0.29, 0.717) is 5.69 Å². The highest BCUT2D eigenvalue weighted by Crippen LogP contribution is 2.45. The van der Waals surface area contributed by atoms with E-state index in [4.69, 9.17) is 4.74 Å². The molecule has 0 aromatic heterocycles. The molecule has 5 nitrogen and oxygen atoms in total. The van der Waals surface area contributed by atoms with E-state index in [-0.39, 0.29) is 11.9 Å². The van der Waals surface area contributed by atoms with Gasteiger partial charge in [0, 0.05) is 5.69 Å². The first-order chi connectivity index (χ1) is 13.8. The Kier molecular flexibility index (Phi) is 4.74. The van der Waals surface area contributed by atoms with Gasteiger partial charge in [0.1, 0.15) is 11.6 Å². The Morgan fingerprint density at radius 3 is 2.24 bits per heavy atom. The molecule has 3 aromatic rings. The molecule has 0 saturated carbocycles. The molecule has 2 atom stereocenters. The molecule has 1 N–H and O–H groups in total. The summed E-state index contributed by atoms with van der Waals surface area (Å²) in [6, 6.07) is 22.3. The van der Waals surface area contributed by atoms with Crippen LogP contribution < -0.4 is 5.32 Å². The zero-order chi connectivity index (χ0) is 20.6. The maximum absolute atomic E-state index is 12.9. The summed E-state index contributed by atoms with van der Waals surface area (Å²) in [6.45, 7) is 5.45. The van der Waals surface area contributed by atoms with Gasteiger partial charge in [-0.2, -0.15) is 0 Å². The lowest BCUT2D eigenvalue weighted by Gasteiger charge is -2.20. The van der Waals surface area contributed by atoms with Crippen LogP contribution in [0.2, 0.25) is 0 Å². The Balaban J connectivity index is 1.62. The first kappa shape index (κ1) is 19.0. The van der Waals surface area contributed by atoms with Crippen LogP contribution in [0.25, 0.3) is 10.8 Å². The summed E-state index contributed by atoms with van der Waals surface area (Å²) < 4.78 is 5.54. The molecule has 1 saturated heterocycles. The van der Waals surface area contributed by atoms with Gasteiger partial charge >= 0.3 is 6.09 Å². The average molecular weight is 388 g/mol. The molecule has 1 fully saturated rings. The first-order valence-corrected chi connectivity index (χ1v) is 9.69. The highest BCUT2D eigenvalue weighted by atomic mass is 16.6. The monoisotopic (exact) mass is 388 g/mol. The highest BCUT2D eigenvalue weighted by Gasteiger charge is 2.57. The lowest BCUT2D eigenvalue weighted by atomic mass is 10.0. The zero-order valence-electron chi connectivity index (χ0n) is 16.8. The van der Waals surface area contributed by atoms with Crippen LogP contribution in [0.5, 0.6) is 0 Å². The van der Waals surface area contributed by atoms with Crippen LogP contribution in [0.1, 0.15) is 32.4 Å². The predicted octanol–water partition coefficient (Wildman–Crippen LogP) is 5.14. The van der Waals surface area contributed by atoms with Crippen molar-refractivity contribution < 1.29 is 14.3 Å². The summed E-state index contributed by atoms with van der Waals surface area (Å²) in [5.41, 5.74) is 0.988. The molecule has 1 heterocycles. The summed E-state index contributed by atoms with van der Waals surface area (Å²) in [5.74, 6) is -0.222. The second-order valence-corrected chi connectivity index (χ2v) is 8.24. The van der Waals surface area contributed by atoms with E-state index in [2.05, 4.69) is 5.32 Å². The largest absolute Gasteiger partial charge is 0.444 e. The van der Waals surface area contributed by atoms with E-state index in [1.165, 1.54) is 4.90 Å². The van der Waals surface area contributed by atoms with Crippen molar-refractivity contribution in [2.24, 2.45) is 0 Å². The van der Waals surface area contributed by atoms with Crippen LogP contribution in [0.15, 0.2) is 72.8 Å². The number of rotatable bonds is 3. The fourth-order valence-electron chi connectivity index (χ4n) is 3.52. The van der Waals surface area contributed by atoms with Gasteiger partial charge in [0.15, 0.2) is 0 Å². The van der Waals surface area contributed by atoms with Gasteiger partial charge in [-0.05, 0) is 55.3 Å². The molecule has 1 aliphatic heterocycles. The van der Waals surface area contributed by atoms with Crippen molar-refractivity contribution in [1.29, 1.82) is 0 Å². The number of anilines is 1. The fraction of sp³-hybridized carbons (Fsp3) is 0.250. The summed E-state index contributed by atoms with van der Waals surface area (Å²) in [7, 11) is 0. The van der Waals surface area contributed by atoms with Crippen LogP contribution in [-0.4, -0.2) is 28.5 Å². The Labute approximate surface area is 170 Å². The van der Waals surface area contributed by atoms with Gasteiger partial charge in [-0.3, -0.25) is 9.69 Å². The second kappa shape index (κ2) is 7.24. The number of nitrogens with one attached hydrogen (secondary N) is 1. The number of fused-ring (bicyclic) bond motifs is 1. The lowest BCUT2D eigenvalue weighted by molar-refractivity contribution is -0.116. The molecular weight excluding hydrogens is 364 g/mol. The van der Waals surface area contributed by atoms with Crippen molar-refractivity contribution in [3.63, 3.8) is 0 Å². The smallest absolute Gasteiger partial charge is 0.411 e. The molecule has 2 amide bonds. The zero-order valence-corrected chi connectivity index (χ0v) is 16.8. The lowest BCUT2D eigenvalue weighted by Crippen LogP contribution is -2.30. The molecule has 0 aliphatic carbocycles. The average Bonchev–Trinajstić information content (AvgIpc) is 3.43. The van der Waals surface area contributed by atoms with Crippen LogP contribution in [0.3, 0.4) is 0 Å². The van der Waals surface area contributed by atoms with E-state index in [9.17, 15) is 9.59 Å². The van der Waals surface area contributed by atoms with Crippen molar-refractivity contribution in [3.05, 3.63) is 78.4 Å².